The fourth-order valence-corrected chi connectivity index (χ4v) is 6.28. The van der Waals surface area contributed by atoms with Crippen molar-refractivity contribution in [1.82, 2.24) is 26.0 Å². The molecule has 2 aliphatic heterocycles. The largest absolute Gasteiger partial charge is 0.489 e. The van der Waals surface area contributed by atoms with Crippen LogP contribution in [0.3, 0.4) is 0 Å². The quantitative estimate of drug-likeness (QED) is 0.215. The molecule has 244 valence electrons. The first kappa shape index (κ1) is 33.1. The van der Waals surface area contributed by atoms with E-state index in [1.54, 1.807) is 4.90 Å². The molecule has 0 spiro atoms. The molecule has 10 heteroatoms. The zero-order valence-electron chi connectivity index (χ0n) is 27.1. The highest BCUT2D eigenvalue weighted by Gasteiger charge is 2.39. The Labute approximate surface area is 272 Å². The monoisotopic (exact) mass is 625 g/mol. The summed E-state index contributed by atoms with van der Waals surface area (Å²) < 4.78 is 6.12. The van der Waals surface area contributed by atoms with E-state index >= 15 is 0 Å². The van der Waals surface area contributed by atoms with E-state index < -0.39 is 12.0 Å². The second kappa shape index (κ2) is 15.8. The number of carbonyl (C=O) groups is 2. The van der Waals surface area contributed by atoms with Gasteiger partial charge in [-0.25, -0.2) is 5.43 Å². The van der Waals surface area contributed by atoms with Crippen molar-refractivity contribution < 1.29 is 14.3 Å². The van der Waals surface area contributed by atoms with Gasteiger partial charge in [0.05, 0.1) is 18.6 Å². The van der Waals surface area contributed by atoms with Gasteiger partial charge >= 0.3 is 0 Å². The number of fused-ring (bicyclic) bond motifs is 1. The lowest BCUT2D eigenvalue weighted by Gasteiger charge is -2.39. The Morgan fingerprint density at radius 1 is 1.07 bits per heavy atom. The molecule has 10 nitrogen and oxygen atoms in total. The van der Waals surface area contributed by atoms with E-state index in [0.717, 1.165) is 40.4 Å². The molecule has 3 aromatic carbocycles. The van der Waals surface area contributed by atoms with Crippen molar-refractivity contribution in [2.24, 2.45) is 10.7 Å². The van der Waals surface area contributed by atoms with Crippen LogP contribution in [0.25, 0.3) is 0 Å². The topological polar surface area (TPSA) is 124 Å². The maximum absolute atomic E-state index is 14.6. The molecule has 0 aromatic heterocycles. The molecule has 3 unspecified atom stereocenters. The van der Waals surface area contributed by atoms with E-state index in [1.165, 1.54) is 0 Å². The molecule has 2 aliphatic rings. The number of hydrazine groups is 1. The Kier molecular flexibility index (Phi) is 11.4. The smallest absolute Gasteiger partial charge is 0.247 e. The lowest BCUT2D eigenvalue weighted by molar-refractivity contribution is -0.142. The highest BCUT2D eigenvalue weighted by Crippen LogP contribution is 2.36. The predicted octanol–water partition coefficient (Wildman–Crippen LogP) is 3.50. The number of aliphatic imine (C=N–C) groups is 1. The minimum Gasteiger partial charge on any atom is -0.489 e. The minimum atomic E-state index is -0.784. The van der Waals surface area contributed by atoms with Gasteiger partial charge in [0.15, 0.2) is 0 Å². The van der Waals surface area contributed by atoms with Gasteiger partial charge in [-0.1, -0.05) is 66.7 Å². The summed E-state index contributed by atoms with van der Waals surface area (Å²) in [5.41, 5.74) is 16.3. The van der Waals surface area contributed by atoms with Gasteiger partial charge in [0.2, 0.25) is 11.8 Å². The van der Waals surface area contributed by atoms with Crippen LogP contribution < -0.4 is 26.6 Å². The number of hydrogen-bond acceptors (Lipinski definition) is 8. The SMILES string of the molecule is CC(C)N(CCNC(=O)C1c2ccc(OCc3ccccc3)cc2CCN1C(=O)C(CC1=NCCNN1)c1ccccc1)C(C)N. The van der Waals surface area contributed by atoms with Crippen LogP contribution in [-0.4, -0.2) is 72.4 Å². The normalized spacial score (nSPS) is 17.5. The highest BCUT2D eigenvalue weighted by atomic mass is 16.5. The number of nitrogens with zero attached hydrogens (tertiary/aromatic N) is 3. The second-order valence-electron chi connectivity index (χ2n) is 12.2. The number of nitrogens with two attached hydrogens (primary N) is 1. The van der Waals surface area contributed by atoms with Crippen LogP contribution >= 0.6 is 0 Å². The van der Waals surface area contributed by atoms with E-state index in [0.29, 0.717) is 45.6 Å². The molecular formula is C36H47N7O3. The van der Waals surface area contributed by atoms with Crippen LogP contribution in [0.4, 0.5) is 0 Å². The number of rotatable bonds is 13. The molecule has 0 saturated heterocycles. The number of hydrogen-bond donors (Lipinski definition) is 4. The third-order valence-electron chi connectivity index (χ3n) is 8.65. The first-order valence-electron chi connectivity index (χ1n) is 16.3. The maximum atomic E-state index is 14.6. The summed E-state index contributed by atoms with van der Waals surface area (Å²) in [5, 5.41) is 3.13. The summed E-state index contributed by atoms with van der Waals surface area (Å²) in [5.74, 6) is 0.657. The predicted molar refractivity (Wildman–Crippen MR) is 181 cm³/mol. The van der Waals surface area contributed by atoms with Crippen LogP contribution in [0.1, 0.15) is 61.4 Å². The van der Waals surface area contributed by atoms with Gasteiger partial charge in [-0.3, -0.25) is 19.5 Å². The average Bonchev–Trinajstić information content (AvgIpc) is 3.08. The standard InChI is InChI=1S/C36H47N7O3/c1-25(2)42(26(3)37)21-19-39-35(44)34-31-15-14-30(46-24-27-10-6-4-7-11-27)22-29(31)16-20-43(34)36(45)32(28-12-8-5-9-13-28)23-33-38-17-18-40-41-33/h4-15,22,25-26,32,34,40H,16-21,23-24,37H2,1-3H3,(H,38,41)(H,39,44). The van der Waals surface area contributed by atoms with Crippen LogP contribution in [0, 0.1) is 0 Å². The molecule has 5 N–H and O–H groups in total. The fraction of sp³-hybridized carbons (Fsp3) is 0.417. The van der Waals surface area contributed by atoms with Crippen LogP contribution in [0.5, 0.6) is 5.75 Å². The summed E-state index contributed by atoms with van der Waals surface area (Å²) in [4.78, 5) is 37.2. The van der Waals surface area contributed by atoms with Gasteiger partial charge in [-0.2, -0.15) is 0 Å². The van der Waals surface area contributed by atoms with Crippen LogP contribution in [0.2, 0.25) is 0 Å². The molecule has 3 aromatic rings. The summed E-state index contributed by atoms with van der Waals surface area (Å²) in [6.07, 6.45) is 0.871. The zero-order chi connectivity index (χ0) is 32.5. The Morgan fingerprint density at radius 3 is 2.48 bits per heavy atom. The van der Waals surface area contributed by atoms with E-state index in [-0.39, 0.29) is 24.0 Å². The highest BCUT2D eigenvalue weighted by molar-refractivity contribution is 5.95. The number of amidine groups is 1. The van der Waals surface area contributed by atoms with Crippen molar-refractivity contribution in [3.8, 4) is 5.75 Å². The van der Waals surface area contributed by atoms with Gasteiger partial charge in [-0.15, -0.1) is 0 Å². The molecule has 0 saturated carbocycles. The van der Waals surface area contributed by atoms with Gasteiger partial charge in [-0.05, 0) is 61.6 Å². The first-order valence-corrected chi connectivity index (χ1v) is 16.3. The lowest BCUT2D eigenvalue weighted by atomic mass is 9.88. The van der Waals surface area contributed by atoms with E-state index in [2.05, 4.69) is 39.9 Å². The molecular weight excluding hydrogens is 578 g/mol. The average molecular weight is 626 g/mol. The summed E-state index contributed by atoms with van der Waals surface area (Å²) in [6.45, 7) is 9.37. The zero-order valence-corrected chi connectivity index (χ0v) is 27.1. The Hall–Kier alpha value is -4.25. The first-order chi connectivity index (χ1) is 22.3. The molecule has 0 aliphatic carbocycles. The molecule has 2 amide bonds. The molecule has 0 radical (unpaired) electrons. The summed E-state index contributed by atoms with van der Waals surface area (Å²) in [7, 11) is 0. The van der Waals surface area contributed by atoms with Gasteiger partial charge in [0.25, 0.3) is 0 Å². The molecule has 5 rings (SSSR count). The fourth-order valence-electron chi connectivity index (χ4n) is 6.28. The number of benzene rings is 3. The van der Waals surface area contributed by atoms with Crippen molar-refractivity contribution in [3.05, 3.63) is 101 Å². The molecule has 46 heavy (non-hydrogen) atoms. The molecule has 0 bridgehead atoms. The Bertz CT molecular complexity index is 1470. The Balaban J connectivity index is 1.42. The van der Waals surface area contributed by atoms with Crippen molar-refractivity contribution in [3.63, 3.8) is 0 Å². The van der Waals surface area contributed by atoms with Crippen molar-refractivity contribution in [2.45, 2.75) is 64.4 Å². The number of nitrogens with one attached hydrogen (secondary N) is 3. The van der Waals surface area contributed by atoms with Crippen molar-refractivity contribution in [1.29, 1.82) is 0 Å². The Morgan fingerprint density at radius 2 is 1.80 bits per heavy atom. The number of amides is 2. The van der Waals surface area contributed by atoms with Gasteiger partial charge in [0, 0.05) is 38.6 Å². The maximum Gasteiger partial charge on any atom is 0.247 e. The van der Waals surface area contributed by atoms with Gasteiger partial charge in [0.1, 0.15) is 24.2 Å². The second-order valence-corrected chi connectivity index (χ2v) is 12.2. The molecule has 2 heterocycles. The molecule has 3 atom stereocenters. The molecule has 0 fully saturated rings. The number of ether oxygens (including phenoxy) is 1. The van der Waals surface area contributed by atoms with Crippen LogP contribution in [-0.2, 0) is 22.6 Å². The third kappa shape index (κ3) is 8.31. The van der Waals surface area contributed by atoms with Crippen molar-refractivity contribution in [2.75, 3.05) is 32.7 Å². The van der Waals surface area contributed by atoms with E-state index in [9.17, 15) is 9.59 Å². The minimum absolute atomic E-state index is 0.101. The summed E-state index contributed by atoms with van der Waals surface area (Å²) >= 11 is 0. The van der Waals surface area contributed by atoms with E-state index in [1.807, 2.05) is 85.8 Å². The van der Waals surface area contributed by atoms with Crippen molar-refractivity contribution >= 4 is 17.6 Å². The summed E-state index contributed by atoms with van der Waals surface area (Å²) in [6, 6.07) is 25.1. The van der Waals surface area contributed by atoms with Gasteiger partial charge < -0.3 is 26.1 Å². The third-order valence-corrected chi connectivity index (χ3v) is 8.65. The van der Waals surface area contributed by atoms with E-state index in [4.69, 9.17) is 10.5 Å². The van der Waals surface area contributed by atoms with Crippen LogP contribution in [0.15, 0.2) is 83.9 Å². The lowest BCUT2D eigenvalue weighted by Crippen LogP contribution is -2.51. The number of carbonyl (C=O) groups excluding carboxylic acids is 2.